The maximum atomic E-state index is 5.82. The number of nitrogens with zero attached hydrogens (tertiary/aromatic N) is 2. The minimum absolute atomic E-state index is 0.252. The molecule has 0 radical (unpaired) electrons. The fraction of sp³-hybridized carbons (Fsp3) is 1.00. The molecule has 0 bridgehead atoms. The van der Waals surface area contributed by atoms with E-state index in [1.54, 1.807) is 0 Å². The van der Waals surface area contributed by atoms with Gasteiger partial charge in [0.15, 0.2) is 0 Å². The maximum absolute atomic E-state index is 5.82. The molecule has 2 rings (SSSR count). The molecule has 2 heterocycles. The van der Waals surface area contributed by atoms with Gasteiger partial charge in [0, 0.05) is 19.0 Å². The number of ether oxygens (including phenoxy) is 1. The predicted octanol–water partition coefficient (Wildman–Crippen LogP) is 1.41. The third-order valence-electron chi connectivity index (χ3n) is 3.54. The van der Waals surface area contributed by atoms with Crippen molar-refractivity contribution in [3.05, 3.63) is 0 Å². The van der Waals surface area contributed by atoms with Gasteiger partial charge in [0.2, 0.25) is 0 Å². The van der Waals surface area contributed by atoms with Crippen molar-refractivity contribution in [2.24, 2.45) is 0 Å². The molecule has 0 spiro atoms. The highest BCUT2D eigenvalue weighted by Gasteiger charge is 2.19. The van der Waals surface area contributed by atoms with Crippen LogP contribution in [0.3, 0.4) is 0 Å². The first kappa shape index (κ1) is 12.6. The van der Waals surface area contributed by atoms with Gasteiger partial charge in [0.25, 0.3) is 0 Å². The number of likely N-dealkylation sites (tertiary alicyclic amines) is 1. The number of hydrogen-bond acceptors (Lipinski definition) is 3. The van der Waals surface area contributed by atoms with Gasteiger partial charge in [-0.2, -0.15) is 0 Å². The van der Waals surface area contributed by atoms with Crippen molar-refractivity contribution in [1.82, 2.24) is 9.80 Å². The molecule has 0 saturated carbocycles. The summed E-state index contributed by atoms with van der Waals surface area (Å²) in [5.41, 5.74) is 0. The number of morpholine rings is 1. The Kier molecular flexibility index (Phi) is 5.36. The molecule has 0 aromatic rings. The van der Waals surface area contributed by atoms with Crippen LogP contribution in [-0.2, 0) is 4.74 Å². The predicted molar refractivity (Wildman–Crippen MR) is 67.2 cm³/mol. The van der Waals surface area contributed by atoms with Gasteiger partial charge >= 0.3 is 0 Å². The van der Waals surface area contributed by atoms with Crippen molar-refractivity contribution < 1.29 is 4.74 Å². The third-order valence-corrected chi connectivity index (χ3v) is 3.89. The molecule has 2 saturated heterocycles. The highest BCUT2D eigenvalue weighted by molar-refractivity contribution is 6.18. The first-order chi connectivity index (χ1) is 7.88. The number of alkyl halides is 1. The van der Waals surface area contributed by atoms with Crippen LogP contribution in [0.1, 0.15) is 19.3 Å². The van der Waals surface area contributed by atoms with Gasteiger partial charge in [-0.3, -0.25) is 4.90 Å². The monoisotopic (exact) mass is 246 g/mol. The number of rotatable bonds is 5. The fourth-order valence-electron chi connectivity index (χ4n) is 2.60. The van der Waals surface area contributed by atoms with E-state index >= 15 is 0 Å². The summed E-state index contributed by atoms with van der Waals surface area (Å²) in [7, 11) is 0. The topological polar surface area (TPSA) is 15.7 Å². The molecule has 3 nitrogen and oxygen atoms in total. The lowest BCUT2D eigenvalue weighted by molar-refractivity contribution is -0.0171. The zero-order chi connectivity index (χ0) is 11.2. The summed E-state index contributed by atoms with van der Waals surface area (Å²) in [6, 6.07) is 0. The van der Waals surface area contributed by atoms with E-state index in [-0.39, 0.29) is 6.10 Å². The van der Waals surface area contributed by atoms with Gasteiger partial charge in [-0.25, -0.2) is 0 Å². The SMILES string of the molecule is ClCC1CN(CCCN2CCCC2)CCO1. The standard InChI is InChI=1S/C12H23ClN2O/c13-10-12-11-15(8-9-16-12)7-3-6-14-4-1-2-5-14/h12H,1-11H2. The van der Waals surface area contributed by atoms with Gasteiger partial charge in [0.05, 0.1) is 12.7 Å². The second-order valence-corrected chi connectivity index (χ2v) is 5.16. The van der Waals surface area contributed by atoms with Crippen LogP contribution in [0, 0.1) is 0 Å². The Hall–Kier alpha value is 0.170. The van der Waals surface area contributed by atoms with Gasteiger partial charge in [0.1, 0.15) is 0 Å². The second-order valence-electron chi connectivity index (χ2n) is 4.85. The van der Waals surface area contributed by atoms with Crippen LogP contribution in [0.15, 0.2) is 0 Å². The highest BCUT2D eigenvalue weighted by Crippen LogP contribution is 2.10. The Morgan fingerprint density at radius 1 is 1.06 bits per heavy atom. The maximum Gasteiger partial charge on any atom is 0.0837 e. The van der Waals surface area contributed by atoms with E-state index in [4.69, 9.17) is 16.3 Å². The Bertz CT molecular complexity index is 197. The van der Waals surface area contributed by atoms with Crippen LogP contribution in [-0.4, -0.2) is 67.7 Å². The Morgan fingerprint density at radius 2 is 1.81 bits per heavy atom. The lowest BCUT2D eigenvalue weighted by Crippen LogP contribution is -2.44. The van der Waals surface area contributed by atoms with Crippen LogP contribution < -0.4 is 0 Å². The first-order valence-electron chi connectivity index (χ1n) is 6.51. The summed E-state index contributed by atoms with van der Waals surface area (Å²) in [4.78, 5) is 5.08. The van der Waals surface area contributed by atoms with Crippen molar-refractivity contribution in [2.45, 2.75) is 25.4 Å². The van der Waals surface area contributed by atoms with E-state index in [2.05, 4.69) is 9.80 Å². The van der Waals surface area contributed by atoms with E-state index in [9.17, 15) is 0 Å². The highest BCUT2D eigenvalue weighted by atomic mass is 35.5. The van der Waals surface area contributed by atoms with E-state index in [1.165, 1.54) is 45.4 Å². The van der Waals surface area contributed by atoms with Crippen molar-refractivity contribution in [1.29, 1.82) is 0 Å². The average Bonchev–Trinajstić information content (AvgIpc) is 2.82. The Morgan fingerprint density at radius 3 is 2.56 bits per heavy atom. The molecule has 2 aliphatic heterocycles. The van der Waals surface area contributed by atoms with Crippen molar-refractivity contribution >= 4 is 11.6 Å². The summed E-state index contributed by atoms with van der Waals surface area (Å²) in [6.07, 6.45) is 4.33. The second kappa shape index (κ2) is 6.80. The largest absolute Gasteiger partial charge is 0.374 e. The smallest absolute Gasteiger partial charge is 0.0837 e. The quantitative estimate of drug-likeness (QED) is 0.683. The van der Waals surface area contributed by atoms with Crippen LogP contribution >= 0.6 is 11.6 Å². The summed E-state index contributed by atoms with van der Waals surface area (Å²) in [6.45, 7) is 8.04. The van der Waals surface area contributed by atoms with Crippen LogP contribution in [0.25, 0.3) is 0 Å². The molecule has 2 aliphatic rings. The minimum atomic E-state index is 0.252. The molecule has 16 heavy (non-hydrogen) atoms. The zero-order valence-electron chi connectivity index (χ0n) is 10.0. The van der Waals surface area contributed by atoms with Crippen molar-refractivity contribution in [2.75, 3.05) is 51.8 Å². The fourth-order valence-corrected chi connectivity index (χ4v) is 2.79. The molecule has 0 aromatic heterocycles. The number of hydrogen-bond donors (Lipinski definition) is 0. The van der Waals surface area contributed by atoms with Crippen LogP contribution in [0.5, 0.6) is 0 Å². The molecular weight excluding hydrogens is 224 g/mol. The lowest BCUT2D eigenvalue weighted by Gasteiger charge is -2.32. The minimum Gasteiger partial charge on any atom is -0.374 e. The Labute approximate surface area is 104 Å². The molecule has 1 atom stereocenters. The molecule has 0 amide bonds. The summed E-state index contributed by atoms with van der Waals surface area (Å²) in [5.74, 6) is 0.628. The molecule has 2 fully saturated rings. The molecule has 0 N–H and O–H groups in total. The Balaban J connectivity index is 1.58. The van der Waals surface area contributed by atoms with E-state index < -0.39 is 0 Å². The molecule has 0 aliphatic carbocycles. The molecule has 4 heteroatoms. The normalized spacial score (nSPS) is 28.7. The summed E-state index contributed by atoms with van der Waals surface area (Å²) in [5, 5.41) is 0. The molecule has 1 unspecified atom stereocenters. The average molecular weight is 247 g/mol. The van der Waals surface area contributed by atoms with Gasteiger partial charge < -0.3 is 9.64 Å². The summed E-state index contributed by atoms with van der Waals surface area (Å²) >= 11 is 5.82. The molecular formula is C12H23ClN2O. The van der Waals surface area contributed by atoms with Crippen molar-refractivity contribution in [3.63, 3.8) is 0 Å². The van der Waals surface area contributed by atoms with Gasteiger partial charge in [-0.05, 0) is 45.4 Å². The van der Waals surface area contributed by atoms with E-state index in [0.29, 0.717) is 5.88 Å². The molecule has 94 valence electrons. The van der Waals surface area contributed by atoms with Crippen molar-refractivity contribution in [3.8, 4) is 0 Å². The van der Waals surface area contributed by atoms with E-state index in [1.807, 2.05) is 0 Å². The van der Waals surface area contributed by atoms with Crippen LogP contribution in [0.4, 0.5) is 0 Å². The third kappa shape index (κ3) is 3.88. The molecule has 0 aromatic carbocycles. The number of halogens is 1. The summed E-state index contributed by atoms with van der Waals surface area (Å²) < 4.78 is 5.55. The lowest BCUT2D eigenvalue weighted by atomic mass is 10.2. The van der Waals surface area contributed by atoms with E-state index in [0.717, 1.165) is 19.7 Å². The van der Waals surface area contributed by atoms with Gasteiger partial charge in [-0.15, -0.1) is 11.6 Å². The zero-order valence-corrected chi connectivity index (χ0v) is 10.8. The van der Waals surface area contributed by atoms with Gasteiger partial charge in [-0.1, -0.05) is 0 Å². The van der Waals surface area contributed by atoms with Crippen LogP contribution in [0.2, 0.25) is 0 Å². The first-order valence-corrected chi connectivity index (χ1v) is 7.04.